The molecule has 5 aliphatic rings. The van der Waals surface area contributed by atoms with E-state index in [1.807, 2.05) is 0 Å². The number of allylic oxidation sites excluding steroid dienone is 1. The SMILES string of the molecule is CC(C)C1=C2[C@H]3CC[C@@H]4[C@@]5(C)CC[C@H](OC(=O)CC(C)(C)C(=O)O)C(C)(C)C5CC[C@@]4(C)[C@]3(C)CC[C@@]2(C(O)c2nnc(-c3ccc(F)cn3)n2CCN)CC1=O. The summed E-state index contributed by atoms with van der Waals surface area (Å²) in [5, 5.41) is 31.4. The second-order valence-corrected chi connectivity index (χ2v) is 20.6. The number of rotatable bonds is 10. The van der Waals surface area contributed by atoms with E-state index in [9.17, 15) is 29.0 Å². The summed E-state index contributed by atoms with van der Waals surface area (Å²) in [7, 11) is 0. The van der Waals surface area contributed by atoms with Crippen LogP contribution in [0.4, 0.5) is 4.39 Å². The number of esters is 1. The van der Waals surface area contributed by atoms with Gasteiger partial charge in [-0.2, -0.15) is 0 Å². The summed E-state index contributed by atoms with van der Waals surface area (Å²) < 4.78 is 21.8. The maximum Gasteiger partial charge on any atom is 0.309 e. The standard InChI is InChI=1S/C45H64FN5O6/c1-25(2)34-29(52)22-45(36(54)38-50-49-37(51(38)21-20-47)28-12-10-26(46)24-48-28)19-18-43(8)27(35(34)45)11-13-31-42(7)16-15-32(57-33(53)23-40(3,4)39(55)56)41(5,6)30(42)14-17-44(31,43)9/h10,12,24-25,27,30-32,36,54H,11,13-23,47H2,1-9H3,(H,55,56)/t27-,30?,31-,32+,36?,42+,43-,44-,45-/m1/s1. The van der Waals surface area contributed by atoms with Crippen LogP contribution in [0.15, 0.2) is 29.5 Å². The molecule has 9 atom stereocenters. The number of halogens is 1. The number of nitrogens with zero attached hydrogens (tertiary/aromatic N) is 4. The molecule has 0 radical (unpaired) electrons. The van der Waals surface area contributed by atoms with E-state index in [0.717, 1.165) is 62.3 Å². The number of aromatic nitrogens is 4. The van der Waals surface area contributed by atoms with E-state index in [-0.39, 0.29) is 64.8 Å². The van der Waals surface area contributed by atoms with E-state index in [2.05, 4.69) is 63.6 Å². The summed E-state index contributed by atoms with van der Waals surface area (Å²) in [4.78, 5) is 43.5. The summed E-state index contributed by atoms with van der Waals surface area (Å²) in [5.74, 6) is -0.251. The highest BCUT2D eigenvalue weighted by molar-refractivity contribution is 6.00. The van der Waals surface area contributed by atoms with Gasteiger partial charge >= 0.3 is 11.9 Å². The fraction of sp³-hybridized carbons (Fsp3) is 0.733. The van der Waals surface area contributed by atoms with Gasteiger partial charge in [-0.1, -0.05) is 48.5 Å². The van der Waals surface area contributed by atoms with Crippen LogP contribution in [0.1, 0.15) is 138 Å². The zero-order chi connectivity index (χ0) is 41.7. The lowest BCUT2D eigenvalue weighted by atomic mass is 9.33. The highest BCUT2D eigenvalue weighted by Crippen LogP contribution is 2.77. The number of Topliss-reactive ketones (excluding diaryl/α,β-unsaturated/α-hetero) is 1. The molecule has 7 rings (SSSR count). The quantitative estimate of drug-likeness (QED) is 0.201. The molecule has 4 fully saturated rings. The number of carboxylic acid groups (broad SMARTS) is 1. The second kappa shape index (κ2) is 14.1. The van der Waals surface area contributed by atoms with Crippen molar-refractivity contribution < 1.29 is 33.7 Å². The molecule has 11 nitrogen and oxygen atoms in total. The molecule has 0 spiro atoms. The van der Waals surface area contributed by atoms with Crippen LogP contribution in [0.3, 0.4) is 0 Å². The third-order valence-corrected chi connectivity index (χ3v) is 16.7. The zero-order valence-electron chi connectivity index (χ0n) is 35.5. The molecule has 312 valence electrons. The number of fused-ring (bicyclic) bond motifs is 7. The van der Waals surface area contributed by atoms with Gasteiger partial charge in [-0.15, -0.1) is 10.2 Å². The van der Waals surface area contributed by atoms with Gasteiger partial charge in [0.15, 0.2) is 17.4 Å². The molecule has 5 aliphatic carbocycles. The molecule has 0 saturated heterocycles. The summed E-state index contributed by atoms with van der Waals surface area (Å²) in [5.41, 5.74) is 5.99. The van der Waals surface area contributed by atoms with Crippen molar-refractivity contribution in [1.82, 2.24) is 19.7 Å². The number of ketones is 1. The first-order chi connectivity index (χ1) is 26.6. The van der Waals surface area contributed by atoms with E-state index in [4.69, 9.17) is 10.5 Å². The number of hydrogen-bond acceptors (Lipinski definition) is 9. The van der Waals surface area contributed by atoms with Crippen molar-refractivity contribution in [2.75, 3.05) is 6.54 Å². The first kappa shape index (κ1) is 41.6. The Morgan fingerprint density at radius 1 is 1.00 bits per heavy atom. The fourth-order valence-corrected chi connectivity index (χ4v) is 13.6. The average molecular weight is 790 g/mol. The number of nitrogens with two attached hydrogens (primary N) is 1. The molecule has 2 unspecified atom stereocenters. The lowest BCUT2D eigenvalue weighted by molar-refractivity contribution is -0.235. The number of pyridine rings is 1. The third kappa shape index (κ3) is 6.15. The Balaban J connectivity index is 1.22. The van der Waals surface area contributed by atoms with Gasteiger partial charge in [0, 0.05) is 30.3 Å². The molecule has 0 aliphatic heterocycles. The minimum absolute atomic E-state index is 0.00798. The number of aliphatic hydroxyl groups excluding tert-OH is 1. The number of aliphatic carboxylic acids is 1. The van der Waals surface area contributed by atoms with E-state index >= 15 is 0 Å². The van der Waals surface area contributed by atoms with Crippen LogP contribution in [0.5, 0.6) is 0 Å². The highest BCUT2D eigenvalue weighted by Gasteiger charge is 2.71. The minimum atomic E-state index is -1.19. The maximum atomic E-state index is 14.3. The molecule has 0 aromatic carbocycles. The molecule has 0 amide bonds. The molecule has 4 N–H and O–H groups in total. The lowest BCUT2D eigenvalue weighted by Crippen LogP contribution is -2.66. The number of carbonyl (C=O) groups excluding carboxylic acids is 2. The van der Waals surface area contributed by atoms with E-state index in [1.165, 1.54) is 6.07 Å². The first-order valence-electron chi connectivity index (χ1n) is 21.2. The molecule has 12 heteroatoms. The van der Waals surface area contributed by atoms with Crippen LogP contribution in [-0.4, -0.2) is 60.3 Å². The van der Waals surface area contributed by atoms with Crippen LogP contribution in [0.2, 0.25) is 0 Å². The Hall–Kier alpha value is -3.51. The predicted octanol–water partition coefficient (Wildman–Crippen LogP) is 7.86. The smallest absolute Gasteiger partial charge is 0.309 e. The van der Waals surface area contributed by atoms with Crippen LogP contribution < -0.4 is 5.73 Å². The Morgan fingerprint density at radius 3 is 2.35 bits per heavy atom. The van der Waals surface area contributed by atoms with Crippen molar-refractivity contribution in [3.8, 4) is 11.5 Å². The minimum Gasteiger partial charge on any atom is -0.481 e. The Labute approximate surface area is 336 Å². The molecular formula is C45H64FN5O6. The summed E-state index contributed by atoms with van der Waals surface area (Å²) >= 11 is 0. The van der Waals surface area contributed by atoms with E-state index in [1.54, 1.807) is 24.5 Å². The van der Waals surface area contributed by atoms with Crippen molar-refractivity contribution in [2.24, 2.45) is 61.9 Å². The largest absolute Gasteiger partial charge is 0.481 e. The van der Waals surface area contributed by atoms with Gasteiger partial charge < -0.3 is 25.3 Å². The van der Waals surface area contributed by atoms with E-state index < -0.39 is 34.7 Å². The number of hydrogen-bond donors (Lipinski definition) is 3. The average Bonchev–Trinajstić information content (AvgIpc) is 3.68. The van der Waals surface area contributed by atoms with Gasteiger partial charge in [0.05, 0.1) is 18.0 Å². The third-order valence-electron chi connectivity index (χ3n) is 16.7. The Bertz CT molecular complexity index is 1970. The topological polar surface area (TPSA) is 171 Å². The highest BCUT2D eigenvalue weighted by atomic mass is 19.1. The van der Waals surface area contributed by atoms with Crippen molar-refractivity contribution >= 4 is 17.7 Å². The van der Waals surface area contributed by atoms with Crippen molar-refractivity contribution in [1.29, 1.82) is 0 Å². The van der Waals surface area contributed by atoms with Gasteiger partial charge in [-0.25, -0.2) is 9.37 Å². The van der Waals surface area contributed by atoms with Crippen molar-refractivity contribution in [2.45, 2.75) is 145 Å². The summed E-state index contributed by atoms with van der Waals surface area (Å²) in [6, 6.07) is 2.87. The number of ether oxygens (including phenoxy) is 1. The molecule has 2 aromatic heterocycles. The van der Waals surface area contributed by atoms with Crippen molar-refractivity contribution in [3.05, 3.63) is 41.1 Å². The number of carbonyl (C=O) groups is 3. The Kier molecular flexibility index (Phi) is 10.3. The van der Waals surface area contributed by atoms with Crippen molar-refractivity contribution in [3.63, 3.8) is 0 Å². The van der Waals surface area contributed by atoms with Gasteiger partial charge in [-0.3, -0.25) is 14.4 Å². The molecule has 2 aromatic rings. The molecule has 2 heterocycles. The molecule has 4 saturated carbocycles. The Morgan fingerprint density at radius 2 is 1.72 bits per heavy atom. The zero-order valence-corrected chi connectivity index (χ0v) is 35.5. The van der Waals surface area contributed by atoms with Gasteiger partial charge in [0.2, 0.25) is 0 Å². The molecular weight excluding hydrogens is 726 g/mol. The van der Waals surface area contributed by atoms with Crippen LogP contribution in [0.25, 0.3) is 11.5 Å². The number of carboxylic acids is 1. The van der Waals surface area contributed by atoms with Crippen LogP contribution in [0, 0.1) is 62.0 Å². The predicted molar refractivity (Wildman–Crippen MR) is 213 cm³/mol. The maximum absolute atomic E-state index is 14.3. The summed E-state index contributed by atoms with van der Waals surface area (Å²) in [6.45, 7) is 19.8. The fourth-order valence-electron chi connectivity index (χ4n) is 13.6. The molecule has 0 bridgehead atoms. The monoisotopic (exact) mass is 789 g/mol. The van der Waals surface area contributed by atoms with Gasteiger partial charge in [0.1, 0.15) is 23.7 Å². The molecule has 57 heavy (non-hydrogen) atoms. The summed E-state index contributed by atoms with van der Waals surface area (Å²) in [6.07, 6.45) is 6.84. The van der Waals surface area contributed by atoms with Gasteiger partial charge in [-0.05, 0) is 128 Å². The number of aliphatic hydroxyl groups is 1. The van der Waals surface area contributed by atoms with E-state index in [0.29, 0.717) is 42.1 Å². The second-order valence-electron chi connectivity index (χ2n) is 20.6. The van der Waals surface area contributed by atoms with Gasteiger partial charge in [0.25, 0.3) is 0 Å². The first-order valence-corrected chi connectivity index (χ1v) is 21.2. The van der Waals surface area contributed by atoms with Crippen LogP contribution >= 0.6 is 0 Å². The van der Waals surface area contributed by atoms with Crippen LogP contribution in [-0.2, 0) is 25.7 Å². The lowest BCUT2D eigenvalue weighted by Gasteiger charge is -2.72. The normalized spacial score (nSPS) is 35.3.